The second-order valence-corrected chi connectivity index (χ2v) is 5.50. The van der Waals surface area contributed by atoms with Crippen LogP contribution in [-0.4, -0.2) is 35.3 Å². The minimum Gasteiger partial charge on any atom is -0.396 e. The van der Waals surface area contributed by atoms with E-state index in [1.165, 1.54) is 0 Å². The molecule has 0 aliphatic carbocycles. The quantitative estimate of drug-likeness (QED) is 0.673. The standard InChI is InChI=1S/C14H26N4O/c1-5-11-17-12(15-4)9-13(18-11)16-10-14(2,3)7-6-8-19/h9,19H,5-8,10H2,1-4H3,(H2,15,16,17,18). The van der Waals surface area contributed by atoms with E-state index in [-0.39, 0.29) is 12.0 Å². The van der Waals surface area contributed by atoms with Gasteiger partial charge in [0, 0.05) is 32.7 Å². The third kappa shape index (κ3) is 5.42. The van der Waals surface area contributed by atoms with Crippen molar-refractivity contribution in [3.8, 4) is 0 Å². The van der Waals surface area contributed by atoms with Crippen LogP contribution in [-0.2, 0) is 6.42 Å². The SMILES string of the molecule is CCc1nc(NC)cc(NCC(C)(C)CCCO)n1. The number of aliphatic hydroxyl groups is 1. The zero-order valence-corrected chi connectivity index (χ0v) is 12.5. The van der Waals surface area contributed by atoms with Crippen LogP contribution in [0.15, 0.2) is 6.07 Å². The highest BCUT2D eigenvalue weighted by Crippen LogP contribution is 2.23. The van der Waals surface area contributed by atoms with Gasteiger partial charge in [0.05, 0.1) is 0 Å². The molecule has 1 heterocycles. The van der Waals surface area contributed by atoms with Gasteiger partial charge in [0.25, 0.3) is 0 Å². The molecule has 5 nitrogen and oxygen atoms in total. The number of aromatic nitrogens is 2. The van der Waals surface area contributed by atoms with Crippen LogP contribution in [0.1, 0.15) is 39.4 Å². The van der Waals surface area contributed by atoms with Gasteiger partial charge in [-0.1, -0.05) is 20.8 Å². The van der Waals surface area contributed by atoms with Gasteiger partial charge in [-0.25, -0.2) is 9.97 Å². The fourth-order valence-electron chi connectivity index (χ4n) is 1.85. The molecule has 0 aliphatic heterocycles. The van der Waals surface area contributed by atoms with Crippen molar-refractivity contribution in [2.75, 3.05) is 30.8 Å². The molecule has 0 atom stereocenters. The third-order valence-electron chi connectivity index (χ3n) is 3.10. The average molecular weight is 266 g/mol. The highest BCUT2D eigenvalue weighted by atomic mass is 16.2. The van der Waals surface area contributed by atoms with Crippen molar-refractivity contribution >= 4 is 11.6 Å². The molecule has 0 radical (unpaired) electrons. The first-order valence-corrected chi connectivity index (χ1v) is 6.91. The molecule has 108 valence electrons. The molecule has 3 N–H and O–H groups in total. The highest BCUT2D eigenvalue weighted by Gasteiger charge is 2.17. The Morgan fingerprint density at radius 2 is 1.95 bits per heavy atom. The van der Waals surface area contributed by atoms with Crippen LogP contribution in [0.25, 0.3) is 0 Å². The monoisotopic (exact) mass is 266 g/mol. The molecule has 0 aromatic carbocycles. The summed E-state index contributed by atoms with van der Waals surface area (Å²) in [5.74, 6) is 2.53. The second kappa shape index (κ2) is 7.28. The zero-order chi connectivity index (χ0) is 14.3. The predicted molar refractivity (Wildman–Crippen MR) is 79.5 cm³/mol. The van der Waals surface area contributed by atoms with Crippen molar-refractivity contribution in [3.05, 3.63) is 11.9 Å². The maximum atomic E-state index is 8.90. The van der Waals surface area contributed by atoms with Crippen LogP contribution in [0.3, 0.4) is 0 Å². The first-order valence-electron chi connectivity index (χ1n) is 6.91. The van der Waals surface area contributed by atoms with E-state index in [0.29, 0.717) is 0 Å². The summed E-state index contributed by atoms with van der Waals surface area (Å²) in [6, 6.07) is 1.92. The van der Waals surface area contributed by atoms with E-state index in [2.05, 4.69) is 34.4 Å². The molecular weight excluding hydrogens is 240 g/mol. The third-order valence-corrected chi connectivity index (χ3v) is 3.10. The Hall–Kier alpha value is -1.36. The van der Waals surface area contributed by atoms with Gasteiger partial charge in [-0.05, 0) is 18.3 Å². The topological polar surface area (TPSA) is 70.1 Å². The summed E-state index contributed by atoms with van der Waals surface area (Å²) < 4.78 is 0. The van der Waals surface area contributed by atoms with Crippen molar-refractivity contribution in [2.24, 2.45) is 5.41 Å². The molecule has 1 aromatic rings. The Bertz CT molecular complexity index is 371. The second-order valence-electron chi connectivity index (χ2n) is 5.50. The van der Waals surface area contributed by atoms with E-state index < -0.39 is 0 Å². The van der Waals surface area contributed by atoms with Crippen molar-refractivity contribution < 1.29 is 5.11 Å². The normalized spacial score (nSPS) is 11.4. The van der Waals surface area contributed by atoms with Crippen LogP contribution in [0.4, 0.5) is 11.6 Å². The first kappa shape index (κ1) is 15.7. The van der Waals surface area contributed by atoms with Gasteiger partial charge in [0.2, 0.25) is 0 Å². The maximum absolute atomic E-state index is 8.90. The minimum absolute atomic E-state index is 0.139. The highest BCUT2D eigenvalue weighted by molar-refractivity contribution is 5.47. The van der Waals surface area contributed by atoms with Gasteiger partial charge in [0.1, 0.15) is 17.5 Å². The number of hydrogen-bond acceptors (Lipinski definition) is 5. The summed E-state index contributed by atoms with van der Waals surface area (Å²) in [6.07, 6.45) is 2.64. The lowest BCUT2D eigenvalue weighted by atomic mass is 9.88. The van der Waals surface area contributed by atoms with Crippen molar-refractivity contribution in [1.82, 2.24) is 9.97 Å². The Kier molecular flexibility index (Phi) is 6.02. The van der Waals surface area contributed by atoms with Gasteiger partial charge in [0.15, 0.2) is 0 Å². The summed E-state index contributed by atoms with van der Waals surface area (Å²) in [5.41, 5.74) is 0.139. The number of aliphatic hydroxyl groups excluding tert-OH is 1. The van der Waals surface area contributed by atoms with Gasteiger partial charge in [-0.2, -0.15) is 0 Å². The average Bonchev–Trinajstić information content (AvgIpc) is 2.42. The zero-order valence-electron chi connectivity index (χ0n) is 12.5. The molecule has 0 saturated heterocycles. The van der Waals surface area contributed by atoms with E-state index in [1.807, 2.05) is 20.0 Å². The summed E-state index contributed by atoms with van der Waals surface area (Å²) >= 11 is 0. The maximum Gasteiger partial charge on any atom is 0.132 e. The lowest BCUT2D eigenvalue weighted by Crippen LogP contribution is -2.24. The summed E-state index contributed by atoms with van der Waals surface area (Å²) in [4.78, 5) is 8.84. The number of rotatable bonds is 8. The molecule has 0 aliphatic rings. The molecule has 1 rings (SSSR count). The smallest absolute Gasteiger partial charge is 0.132 e. The van der Waals surface area contributed by atoms with Crippen LogP contribution in [0.2, 0.25) is 0 Å². The molecular formula is C14H26N4O. The lowest BCUT2D eigenvalue weighted by molar-refractivity contribution is 0.248. The Balaban J connectivity index is 2.66. The van der Waals surface area contributed by atoms with Crippen molar-refractivity contribution in [3.63, 3.8) is 0 Å². The lowest BCUT2D eigenvalue weighted by Gasteiger charge is -2.25. The minimum atomic E-state index is 0.139. The number of nitrogens with zero attached hydrogens (tertiary/aromatic N) is 2. The van der Waals surface area contributed by atoms with Crippen LogP contribution < -0.4 is 10.6 Å². The van der Waals surface area contributed by atoms with E-state index in [1.54, 1.807) is 0 Å². The molecule has 19 heavy (non-hydrogen) atoms. The number of aryl methyl sites for hydroxylation is 1. The summed E-state index contributed by atoms with van der Waals surface area (Å²) in [6.45, 7) is 7.51. The Labute approximate surface area is 115 Å². The number of anilines is 2. The molecule has 1 aromatic heterocycles. The largest absolute Gasteiger partial charge is 0.396 e. The molecule has 0 bridgehead atoms. The molecule has 0 spiro atoms. The van der Waals surface area contributed by atoms with E-state index in [0.717, 1.165) is 43.3 Å². The molecule has 0 unspecified atom stereocenters. The number of hydrogen-bond donors (Lipinski definition) is 3. The van der Waals surface area contributed by atoms with E-state index in [9.17, 15) is 0 Å². The Morgan fingerprint density at radius 1 is 1.26 bits per heavy atom. The predicted octanol–water partition coefficient (Wildman–Crippen LogP) is 2.29. The van der Waals surface area contributed by atoms with Crippen molar-refractivity contribution in [1.29, 1.82) is 0 Å². The van der Waals surface area contributed by atoms with Crippen LogP contribution in [0.5, 0.6) is 0 Å². The number of nitrogens with one attached hydrogen (secondary N) is 2. The van der Waals surface area contributed by atoms with Crippen LogP contribution in [0, 0.1) is 5.41 Å². The van der Waals surface area contributed by atoms with Gasteiger partial charge in [-0.3, -0.25) is 0 Å². The fourth-order valence-corrected chi connectivity index (χ4v) is 1.85. The van der Waals surface area contributed by atoms with E-state index >= 15 is 0 Å². The molecule has 0 amide bonds. The van der Waals surface area contributed by atoms with Crippen LogP contribution >= 0.6 is 0 Å². The molecule has 0 saturated carbocycles. The van der Waals surface area contributed by atoms with Gasteiger partial charge < -0.3 is 15.7 Å². The molecule has 0 fully saturated rings. The first-order chi connectivity index (χ1) is 9.00. The van der Waals surface area contributed by atoms with Gasteiger partial charge in [-0.15, -0.1) is 0 Å². The molecule has 5 heteroatoms. The van der Waals surface area contributed by atoms with Gasteiger partial charge >= 0.3 is 0 Å². The Morgan fingerprint density at radius 3 is 2.53 bits per heavy atom. The fraction of sp³-hybridized carbons (Fsp3) is 0.714. The summed E-state index contributed by atoms with van der Waals surface area (Å²) in [5, 5.41) is 15.3. The van der Waals surface area contributed by atoms with E-state index in [4.69, 9.17) is 5.11 Å². The summed E-state index contributed by atoms with van der Waals surface area (Å²) in [7, 11) is 1.86. The van der Waals surface area contributed by atoms with Crippen molar-refractivity contribution in [2.45, 2.75) is 40.0 Å².